The Morgan fingerprint density at radius 1 is 1.56 bits per heavy atom. The average Bonchev–Trinajstić information content (AvgIpc) is 2.53. The van der Waals surface area contributed by atoms with E-state index in [1.807, 2.05) is 6.07 Å². The molecule has 0 amide bonds. The molecule has 0 aliphatic rings. The molecule has 86 valence electrons. The number of carbonyl (C=O) groups is 1. The molecule has 1 rings (SSSR count). The van der Waals surface area contributed by atoms with Crippen molar-refractivity contribution < 1.29 is 4.79 Å². The van der Waals surface area contributed by atoms with Crippen LogP contribution in [0.2, 0.25) is 0 Å². The van der Waals surface area contributed by atoms with Gasteiger partial charge in [0.25, 0.3) is 3.79 Å². The number of ketones is 1. The van der Waals surface area contributed by atoms with Crippen molar-refractivity contribution in [1.29, 1.82) is 5.26 Å². The van der Waals surface area contributed by atoms with Crippen molar-refractivity contribution >= 4 is 56.5 Å². The highest BCUT2D eigenvalue weighted by Crippen LogP contribution is 2.31. The van der Waals surface area contributed by atoms with Crippen LogP contribution in [0.25, 0.3) is 0 Å². The smallest absolute Gasteiger partial charge is 0.255 e. The molecule has 1 heterocycles. The predicted octanol–water partition coefficient (Wildman–Crippen LogP) is 3.72. The van der Waals surface area contributed by atoms with Crippen LogP contribution in [-0.4, -0.2) is 14.1 Å². The molecular formula is C9H6BrCl3N2O. The lowest BCUT2D eigenvalue weighted by Gasteiger charge is -2.11. The van der Waals surface area contributed by atoms with Crippen LogP contribution in [0.1, 0.15) is 16.9 Å². The number of carbonyl (C=O) groups excluding carboxylic acids is 1. The van der Waals surface area contributed by atoms with E-state index >= 15 is 0 Å². The van der Waals surface area contributed by atoms with Gasteiger partial charge < -0.3 is 4.57 Å². The summed E-state index contributed by atoms with van der Waals surface area (Å²) in [7, 11) is 0. The van der Waals surface area contributed by atoms with Gasteiger partial charge in [0.15, 0.2) is 0 Å². The average molecular weight is 344 g/mol. The molecule has 0 bridgehead atoms. The third-order valence-corrected chi connectivity index (χ3v) is 2.77. The number of hydrogen-bond acceptors (Lipinski definition) is 2. The second kappa shape index (κ2) is 5.42. The number of halogens is 4. The first-order chi connectivity index (χ1) is 7.36. The molecule has 0 saturated heterocycles. The minimum atomic E-state index is -1.98. The summed E-state index contributed by atoms with van der Waals surface area (Å²) in [6.45, 7) is 0.379. The molecule has 0 atom stereocenters. The van der Waals surface area contributed by atoms with E-state index in [2.05, 4.69) is 15.9 Å². The van der Waals surface area contributed by atoms with Gasteiger partial charge in [-0.1, -0.05) is 34.8 Å². The topological polar surface area (TPSA) is 45.8 Å². The zero-order chi connectivity index (χ0) is 12.3. The van der Waals surface area contributed by atoms with E-state index in [9.17, 15) is 4.79 Å². The molecule has 0 spiro atoms. The predicted molar refractivity (Wildman–Crippen MR) is 67.0 cm³/mol. The SMILES string of the molecule is N#CCCn1cc(Br)cc1C(=O)C(Cl)(Cl)Cl. The number of nitrogens with zero attached hydrogens (tertiary/aromatic N) is 2. The lowest BCUT2D eigenvalue weighted by Crippen LogP contribution is -2.22. The molecule has 0 saturated carbocycles. The molecule has 1 aromatic heterocycles. The Morgan fingerprint density at radius 3 is 2.69 bits per heavy atom. The standard InChI is InChI=1S/C9H6BrCl3N2O/c10-6-4-7(8(16)9(11,12)13)15(5-6)3-1-2-14/h4-5H,1,3H2. The zero-order valence-corrected chi connectivity index (χ0v) is 11.7. The van der Waals surface area contributed by atoms with Crippen LogP contribution < -0.4 is 0 Å². The summed E-state index contributed by atoms with van der Waals surface area (Å²) in [5.74, 6) is -0.610. The summed E-state index contributed by atoms with van der Waals surface area (Å²) >= 11 is 19.8. The summed E-state index contributed by atoms with van der Waals surface area (Å²) in [5.41, 5.74) is 0.266. The molecule has 0 radical (unpaired) electrons. The quantitative estimate of drug-likeness (QED) is 0.620. The van der Waals surface area contributed by atoms with Gasteiger partial charge in [-0.25, -0.2) is 0 Å². The Bertz CT molecular complexity index is 445. The minimum absolute atomic E-state index is 0.266. The fraction of sp³-hybridized carbons (Fsp3) is 0.333. The lowest BCUT2D eigenvalue weighted by molar-refractivity contribution is 0.0987. The second-order valence-corrected chi connectivity index (χ2v) is 6.17. The molecule has 0 unspecified atom stereocenters. The zero-order valence-electron chi connectivity index (χ0n) is 7.88. The van der Waals surface area contributed by atoms with Gasteiger partial charge in [0.1, 0.15) is 0 Å². The fourth-order valence-electron chi connectivity index (χ4n) is 1.17. The molecular weight excluding hydrogens is 338 g/mol. The summed E-state index contributed by atoms with van der Waals surface area (Å²) in [6.07, 6.45) is 1.95. The second-order valence-electron chi connectivity index (χ2n) is 2.97. The molecule has 0 N–H and O–H groups in total. The largest absolute Gasteiger partial charge is 0.343 e. The Kier molecular flexibility index (Phi) is 4.69. The highest BCUT2D eigenvalue weighted by molar-refractivity contribution is 9.10. The maximum Gasteiger partial charge on any atom is 0.255 e. The lowest BCUT2D eigenvalue weighted by atomic mass is 10.3. The highest BCUT2D eigenvalue weighted by Gasteiger charge is 2.33. The number of rotatable bonds is 3. The summed E-state index contributed by atoms with van der Waals surface area (Å²) in [5, 5.41) is 8.49. The third-order valence-electron chi connectivity index (χ3n) is 1.82. The van der Waals surface area contributed by atoms with E-state index in [1.165, 1.54) is 0 Å². The number of nitriles is 1. The first-order valence-corrected chi connectivity index (χ1v) is 6.13. The van der Waals surface area contributed by atoms with E-state index in [-0.39, 0.29) is 12.1 Å². The molecule has 0 fully saturated rings. The van der Waals surface area contributed by atoms with Crippen LogP contribution in [-0.2, 0) is 6.54 Å². The third kappa shape index (κ3) is 3.39. The number of Topliss-reactive ketones (excluding diaryl/α,β-unsaturated/α-hetero) is 1. The van der Waals surface area contributed by atoms with Crippen LogP contribution in [0.4, 0.5) is 0 Å². The van der Waals surface area contributed by atoms with Crippen molar-refractivity contribution in [3.05, 3.63) is 22.4 Å². The summed E-state index contributed by atoms with van der Waals surface area (Å²) in [4.78, 5) is 11.7. The van der Waals surface area contributed by atoms with Gasteiger partial charge in [-0.3, -0.25) is 4.79 Å². The van der Waals surface area contributed by atoms with Crippen LogP contribution in [0, 0.1) is 11.3 Å². The monoisotopic (exact) mass is 342 g/mol. The van der Waals surface area contributed by atoms with E-state index in [0.29, 0.717) is 11.0 Å². The van der Waals surface area contributed by atoms with E-state index < -0.39 is 9.58 Å². The fourth-order valence-corrected chi connectivity index (χ4v) is 1.92. The Hall–Kier alpha value is -0.210. The Labute approximate surface area is 116 Å². The van der Waals surface area contributed by atoms with Gasteiger partial charge in [-0.15, -0.1) is 0 Å². The number of hydrogen-bond donors (Lipinski definition) is 0. The Morgan fingerprint density at radius 2 is 2.19 bits per heavy atom. The molecule has 7 heteroatoms. The van der Waals surface area contributed by atoms with Gasteiger partial charge in [0.2, 0.25) is 5.78 Å². The first kappa shape index (κ1) is 13.9. The van der Waals surface area contributed by atoms with Gasteiger partial charge in [-0.05, 0) is 22.0 Å². The van der Waals surface area contributed by atoms with Gasteiger partial charge >= 0.3 is 0 Å². The van der Waals surface area contributed by atoms with Crippen molar-refractivity contribution in [3.63, 3.8) is 0 Å². The van der Waals surface area contributed by atoms with Crippen molar-refractivity contribution in [2.24, 2.45) is 0 Å². The molecule has 0 aromatic carbocycles. The van der Waals surface area contributed by atoms with Crippen molar-refractivity contribution in [2.45, 2.75) is 16.8 Å². The molecule has 0 aliphatic heterocycles. The van der Waals surface area contributed by atoms with Gasteiger partial charge in [0.05, 0.1) is 18.2 Å². The van der Waals surface area contributed by atoms with Gasteiger partial charge in [0, 0.05) is 17.2 Å². The van der Waals surface area contributed by atoms with Crippen LogP contribution in [0.15, 0.2) is 16.7 Å². The van der Waals surface area contributed by atoms with E-state index in [1.54, 1.807) is 16.8 Å². The van der Waals surface area contributed by atoms with Crippen LogP contribution >= 0.6 is 50.7 Å². The van der Waals surface area contributed by atoms with Crippen molar-refractivity contribution in [2.75, 3.05) is 0 Å². The van der Waals surface area contributed by atoms with E-state index in [0.717, 1.165) is 0 Å². The van der Waals surface area contributed by atoms with Crippen LogP contribution in [0.3, 0.4) is 0 Å². The highest BCUT2D eigenvalue weighted by atomic mass is 79.9. The molecule has 3 nitrogen and oxygen atoms in total. The van der Waals surface area contributed by atoms with Crippen LogP contribution in [0.5, 0.6) is 0 Å². The molecule has 16 heavy (non-hydrogen) atoms. The van der Waals surface area contributed by atoms with E-state index in [4.69, 9.17) is 40.1 Å². The summed E-state index contributed by atoms with van der Waals surface area (Å²) in [6, 6.07) is 3.54. The normalized spacial score (nSPS) is 11.2. The molecule has 0 aliphatic carbocycles. The summed E-state index contributed by atoms with van der Waals surface area (Å²) < 4.78 is 0.294. The minimum Gasteiger partial charge on any atom is -0.343 e. The Balaban J connectivity index is 3.04. The number of aromatic nitrogens is 1. The van der Waals surface area contributed by atoms with Gasteiger partial charge in [-0.2, -0.15) is 5.26 Å². The number of alkyl halides is 3. The number of aryl methyl sites for hydroxylation is 1. The first-order valence-electron chi connectivity index (χ1n) is 4.20. The maximum atomic E-state index is 11.7. The van der Waals surface area contributed by atoms with Crippen molar-refractivity contribution in [3.8, 4) is 6.07 Å². The molecule has 1 aromatic rings. The maximum absolute atomic E-state index is 11.7. The van der Waals surface area contributed by atoms with Crippen molar-refractivity contribution in [1.82, 2.24) is 4.57 Å².